The highest BCUT2D eigenvalue weighted by atomic mass is 32.1. The number of anilines is 1. The first kappa shape index (κ1) is 20.7. The molecule has 2 heterocycles. The van der Waals surface area contributed by atoms with E-state index in [0.717, 1.165) is 22.6 Å². The number of esters is 1. The first-order valence-corrected chi connectivity index (χ1v) is 10.3. The van der Waals surface area contributed by atoms with Gasteiger partial charge in [0.15, 0.2) is 5.13 Å². The molecule has 7 nitrogen and oxygen atoms in total. The van der Waals surface area contributed by atoms with E-state index in [9.17, 15) is 9.59 Å². The maximum atomic E-state index is 12.4. The van der Waals surface area contributed by atoms with Crippen LogP contribution in [0.2, 0.25) is 0 Å². The first-order valence-electron chi connectivity index (χ1n) is 9.39. The minimum Gasteiger partial charge on any atom is -0.459 e. The van der Waals surface area contributed by atoms with E-state index in [0.29, 0.717) is 17.4 Å². The lowest BCUT2D eigenvalue weighted by atomic mass is 10.1. The Labute approximate surface area is 173 Å². The summed E-state index contributed by atoms with van der Waals surface area (Å²) in [5, 5.41) is 6.98. The molecule has 1 aromatic carbocycles. The van der Waals surface area contributed by atoms with Gasteiger partial charge >= 0.3 is 5.97 Å². The molecule has 0 unspecified atom stereocenters. The molecule has 2 aromatic heterocycles. The van der Waals surface area contributed by atoms with Crippen molar-refractivity contribution < 1.29 is 14.3 Å². The fraction of sp³-hybridized carbons (Fsp3) is 0.333. The van der Waals surface area contributed by atoms with E-state index >= 15 is 0 Å². The molecule has 29 heavy (non-hydrogen) atoms. The number of aryl methyl sites for hydroxylation is 1. The topological polar surface area (TPSA) is 77.3 Å². The molecule has 0 bridgehead atoms. The standard InChI is InChI=1S/C21H24N4O3S/c1-5-24(16(4)26)21-22-17(13-29-21)12-28-20(27)11-19-14(2)23-25(15(19)3)18-9-7-6-8-10-18/h6-10,13H,5,11-12H2,1-4H3. The summed E-state index contributed by atoms with van der Waals surface area (Å²) in [5.74, 6) is -0.399. The third-order valence-corrected chi connectivity index (χ3v) is 5.52. The molecule has 1 amide bonds. The summed E-state index contributed by atoms with van der Waals surface area (Å²) in [6.45, 7) is 7.86. The Morgan fingerprint density at radius 1 is 1.21 bits per heavy atom. The quantitative estimate of drug-likeness (QED) is 0.554. The lowest BCUT2D eigenvalue weighted by Crippen LogP contribution is -2.27. The number of amides is 1. The molecule has 0 radical (unpaired) electrons. The predicted molar refractivity (Wildman–Crippen MR) is 112 cm³/mol. The Morgan fingerprint density at radius 3 is 2.59 bits per heavy atom. The van der Waals surface area contributed by atoms with Crippen molar-refractivity contribution in [3.8, 4) is 5.69 Å². The number of rotatable bonds is 7. The van der Waals surface area contributed by atoms with Crippen LogP contribution in [0.4, 0.5) is 5.13 Å². The summed E-state index contributed by atoms with van der Waals surface area (Å²) < 4.78 is 7.25. The van der Waals surface area contributed by atoms with Gasteiger partial charge in [-0.15, -0.1) is 11.3 Å². The largest absolute Gasteiger partial charge is 0.459 e. The van der Waals surface area contributed by atoms with Crippen LogP contribution in [0.15, 0.2) is 35.7 Å². The number of carbonyl (C=O) groups excluding carboxylic acids is 2. The average molecular weight is 413 g/mol. The van der Waals surface area contributed by atoms with Gasteiger partial charge in [-0.1, -0.05) is 18.2 Å². The Kier molecular flexibility index (Phi) is 6.43. The molecule has 0 saturated carbocycles. The molecule has 0 aliphatic carbocycles. The smallest absolute Gasteiger partial charge is 0.310 e. The zero-order chi connectivity index (χ0) is 21.0. The van der Waals surface area contributed by atoms with Crippen LogP contribution in [0, 0.1) is 13.8 Å². The van der Waals surface area contributed by atoms with Crippen LogP contribution in [0.3, 0.4) is 0 Å². The van der Waals surface area contributed by atoms with Crippen molar-refractivity contribution in [1.29, 1.82) is 0 Å². The van der Waals surface area contributed by atoms with E-state index < -0.39 is 0 Å². The predicted octanol–water partition coefficient (Wildman–Crippen LogP) is 3.60. The van der Waals surface area contributed by atoms with Crippen LogP contribution in [-0.2, 0) is 27.4 Å². The number of hydrogen-bond donors (Lipinski definition) is 0. The van der Waals surface area contributed by atoms with Crippen LogP contribution >= 0.6 is 11.3 Å². The van der Waals surface area contributed by atoms with Gasteiger partial charge in [-0.3, -0.25) is 14.5 Å². The molecule has 8 heteroatoms. The van der Waals surface area contributed by atoms with Crippen LogP contribution in [0.1, 0.15) is 36.5 Å². The highest BCUT2D eigenvalue weighted by Gasteiger charge is 2.18. The molecule has 3 rings (SSSR count). The number of thiazole rings is 1. The van der Waals surface area contributed by atoms with Gasteiger partial charge in [-0.25, -0.2) is 9.67 Å². The fourth-order valence-electron chi connectivity index (χ4n) is 3.08. The van der Waals surface area contributed by atoms with E-state index in [1.165, 1.54) is 18.3 Å². The molecule has 152 valence electrons. The lowest BCUT2D eigenvalue weighted by molar-refractivity contribution is -0.144. The second-order valence-corrected chi connectivity index (χ2v) is 7.46. The normalized spacial score (nSPS) is 10.8. The van der Waals surface area contributed by atoms with Gasteiger partial charge < -0.3 is 4.74 Å². The van der Waals surface area contributed by atoms with Gasteiger partial charge in [0.1, 0.15) is 6.61 Å². The minimum absolute atomic E-state index is 0.0632. The van der Waals surface area contributed by atoms with Crippen molar-refractivity contribution in [2.45, 2.75) is 40.7 Å². The maximum absolute atomic E-state index is 12.4. The number of nitrogens with zero attached hydrogens (tertiary/aromatic N) is 4. The molecule has 0 aliphatic rings. The molecule has 0 N–H and O–H groups in total. The van der Waals surface area contributed by atoms with E-state index in [2.05, 4.69) is 10.1 Å². The van der Waals surface area contributed by atoms with Gasteiger partial charge in [-0.2, -0.15) is 5.10 Å². The van der Waals surface area contributed by atoms with Crippen LogP contribution in [0.25, 0.3) is 5.69 Å². The Bertz CT molecular complexity index is 1010. The Morgan fingerprint density at radius 2 is 1.93 bits per heavy atom. The molecule has 0 fully saturated rings. The highest BCUT2D eigenvalue weighted by Crippen LogP contribution is 2.22. The van der Waals surface area contributed by atoms with Gasteiger partial charge in [0, 0.05) is 30.1 Å². The summed E-state index contributed by atoms with van der Waals surface area (Å²) in [5.41, 5.74) is 4.17. The van der Waals surface area contributed by atoms with Crippen LogP contribution in [-0.4, -0.2) is 33.2 Å². The number of benzene rings is 1. The third kappa shape index (κ3) is 4.71. The SMILES string of the molecule is CCN(C(C)=O)c1nc(COC(=O)Cc2c(C)nn(-c3ccccc3)c2C)cs1. The van der Waals surface area contributed by atoms with Gasteiger partial charge in [0.05, 0.1) is 23.5 Å². The average Bonchev–Trinajstić information content (AvgIpc) is 3.27. The summed E-state index contributed by atoms with van der Waals surface area (Å²) in [6, 6.07) is 9.80. The highest BCUT2D eigenvalue weighted by molar-refractivity contribution is 7.14. The molecule has 0 aliphatic heterocycles. The second kappa shape index (κ2) is 9.00. The van der Waals surface area contributed by atoms with Crippen LogP contribution < -0.4 is 4.90 Å². The molecule has 0 saturated heterocycles. The molecule has 0 atom stereocenters. The number of hydrogen-bond acceptors (Lipinski definition) is 6. The Balaban J connectivity index is 1.64. The first-order chi connectivity index (χ1) is 13.9. The van der Waals surface area contributed by atoms with Crippen molar-refractivity contribution in [3.63, 3.8) is 0 Å². The minimum atomic E-state index is -0.336. The third-order valence-electron chi connectivity index (χ3n) is 4.61. The van der Waals surface area contributed by atoms with Crippen molar-refractivity contribution in [1.82, 2.24) is 14.8 Å². The molecular weight excluding hydrogens is 388 g/mol. The second-order valence-electron chi connectivity index (χ2n) is 6.62. The number of ether oxygens (including phenoxy) is 1. The number of para-hydroxylation sites is 1. The number of carbonyl (C=O) groups is 2. The fourth-order valence-corrected chi connectivity index (χ4v) is 4.00. The van der Waals surface area contributed by atoms with Crippen molar-refractivity contribution in [3.05, 3.63) is 58.4 Å². The zero-order valence-corrected chi connectivity index (χ0v) is 17.8. The summed E-state index contributed by atoms with van der Waals surface area (Å²) >= 11 is 1.36. The summed E-state index contributed by atoms with van der Waals surface area (Å²) in [7, 11) is 0. The van der Waals surface area contributed by atoms with Crippen molar-refractivity contribution in [2.75, 3.05) is 11.4 Å². The van der Waals surface area contributed by atoms with Gasteiger partial charge in [-0.05, 0) is 32.9 Å². The van der Waals surface area contributed by atoms with Crippen LogP contribution in [0.5, 0.6) is 0 Å². The monoisotopic (exact) mass is 412 g/mol. The van der Waals surface area contributed by atoms with E-state index in [1.807, 2.05) is 55.8 Å². The lowest BCUT2D eigenvalue weighted by Gasteiger charge is -2.14. The van der Waals surface area contributed by atoms with Gasteiger partial charge in [0.2, 0.25) is 5.91 Å². The van der Waals surface area contributed by atoms with Crippen molar-refractivity contribution in [2.24, 2.45) is 0 Å². The molecule has 0 spiro atoms. The maximum Gasteiger partial charge on any atom is 0.310 e. The van der Waals surface area contributed by atoms with E-state index in [4.69, 9.17) is 4.74 Å². The molecule has 3 aromatic rings. The van der Waals surface area contributed by atoms with Gasteiger partial charge in [0.25, 0.3) is 0 Å². The zero-order valence-electron chi connectivity index (χ0n) is 17.0. The number of aromatic nitrogens is 3. The summed E-state index contributed by atoms with van der Waals surface area (Å²) in [4.78, 5) is 30.0. The van der Waals surface area contributed by atoms with E-state index in [1.54, 1.807) is 10.3 Å². The van der Waals surface area contributed by atoms with Crippen molar-refractivity contribution >= 4 is 28.3 Å². The Hall–Kier alpha value is -3.00. The molecular formula is C21H24N4O3S. The van der Waals surface area contributed by atoms with E-state index in [-0.39, 0.29) is 24.9 Å². The summed E-state index contributed by atoms with van der Waals surface area (Å²) in [6.07, 6.45) is 0.149.